The van der Waals surface area contributed by atoms with Crippen LogP contribution in [-0.2, 0) is 27.5 Å². The fraction of sp³-hybridized carbons (Fsp3) is 0.188. The number of benzene rings is 2. The Morgan fingerprint density at radius 3 is 1.95 bits per heavy atom. The summed E-state index contributed by atoms with van der Waals surface area (Å²) >= 11 is 0. The van der Waals surface area contributed by atoms with E-state index in [0.29, 0.717) is 0 Å². The molecule has 0 saturated heterocycles. The molecule has 0 aliphatic rings. The van der Waals surface area contributed by atoms with Crippen molar-refractivity contribution in [3.63, 3.8) is 0 Å². The van der Waals surface area contributed by atoms with Crippen molar-refractivity contribution in [1.29, 1.82) is 0 Å². The molecule has 0 bridgehead atoms. The Bertz CT molecular complexity index is 525. The maximum absolute atomic E-state index is 11.5. The molecule has 0 fully saturated rings. The van der Waals surface area contributed by atoms with Gasteiger partial charge in [-0.15, -0.1) is 0 Å². The van der Waals surface area contributed by atoms with E-state index in [4.69, 9.17) is 9.47 Å². The van der Waals surface area contributed by atoms with E-state index in [1.165, 1.54) is 0 Å². The Kier molecular flexibility index (Phi) is 5.29. The number of hydrogen-bond donors (Lipinski definition) is 1. The van der Waals surface area contributed by atoms with Crippen molar-refractivity contribution >= 4 is 5.97 Å². The molecule has 1 atom stereocenters. The average Bonchev–Trinajstić information content (AvgIpc) is 2.52. The van der Waals surface area contributed by atoms with E-state index in [2.05, 4.69) is 0 Å². The summed E-state index contributed by atoms with van der Waals surface area (Å²) in [6, 6.07) is 18.6. The summed E-state index contributed by atoms with van der Waals surface area (Å²) in [5.41, 5.74) is 1.73. The zero-order valence-corrected chi connectivity index (χ0v) is 10.9. The van der Waals surface area contributed by atoms with E-state index in [1.54, 1.807) is 0 Å². The third-order valence-electron chi connectivity index (χ3n) is 2.68. The molecule has 0 aliphatic carbocycles. The van der Waals surface area contributed by atoms with Gasteiger partial charge in [-0.05, 0) is 11.1 Å². The first kappa shape index (κ1) is 14.2. The molecule has 0 saturated carbocycles. The highest BCUT2D eigenvalue weighted by atomic mass is 16.6. The molecule has 4 heteroatoms. The fourth-order valence-electron chi connectivity index (χ4n) is 1.62. The molecule has 20 heavy (non-hydrogen) atoms. The summed E-state index contributed by atoms with van der Waals surface area (Å²) < 4.78 is 10.0. The van der Waals surface area contributed by atoms with Gasteiger partial charge in [0.1, 0.15) is 6.61 Å². The van der Waals surface area contributed by atoms with Crippen LogP contribution in [0.15, 0.2) is 60.7 Å². The standard InChI is InChI=1S/C16H16O4/c17-15(19-11-13-7-3-1-4-8-13)16(18)20-12-14-9-5-2-6-10-14/h1-10,15,17H,11-12H2. The largest absolute Gasteiger partial charge is 0.457 e. The van der Waals surface area contributed by atoms with Crippen LogP contribution in [0, 0.1) is 0 Å². The van der Waals surface area contributed by atoms with Gasteiger partial charge in [0.2, 0.25) is 0 Å². The molecule has 1 N–H and O–H groups in total. The third-order valence-corrected chi connectivity index (χ3v) is 2.68. The zero-order chi connectivity index (χ0) is 14.2. The SMILES string of the molecule is O=C(OCc1ccccc1)C(O)OCc1ccccc1. The average molecular weight is 272 g/mol. The Morgan fingerprint density at radius 2 is 1.40 bits per heavy atom. The second-order valence-corrected chi connectivity index (χ2v) is 4.24. The highest BCUT2D eigenvalue weighted by Crippen LogP contribution is 2.05. The van der Waals surface area contributed by atoms with Crippen molar-refractivity contribution in [2.24, 2.45) is 0 Å². The molecule has 2 rings (SSSR count). The maximum atomic E-state index is 11.5. The first-order chi connectivity index (χ1) is 9.75. The minimum absolute atomic E-state index is 0.116. The lowest BCUT2D eigenvalue weighted by Crippen LogP contribution is -2.25. The minimum Gasteiger partial charge on any atom is -0.457 e. The highest BCUT2D eigenvalue weighted by Gasteiger charge is 2.17. The first-order valence-corrected chi connectivity index (χ1v) is 6.30. The Hall–Kier alpha value is -2.17. The van der Waals surface area contributed by atoms with Gasteiger partial charge in [0, 0.05) is 0 Å². The van der Waals surface area contributed by atoms with Gasteiger partial charge in [-0.3, -0.25) is 0 Å². The highest BCUT2D eigenvalue weighted by molar-refractivity contribution is 5.72. The van der Waals surface area contributed by atoms with Crippen LogP contribution in [0.3, 0.4) is 0 Å². The molecule has 0 spiro atoms. The van der Waals surface area contributed by atoms with E-state index < -0.39 is 12.3 Å². The minimum atomic E-state index is -1.57. The van der Waals surface area contributed by atoms with Gasteiger partial charge in [-0.1, -0.05) is 60.7 Å². The van der Waals surface area contributed by atoms with E-state index in [9.17, 15) is 9.90 Å². The van der Waals surface area contributed by atoms with Crippen LogP contribution in [0.1, 0.15) is 11.1 Å². The van der Waals surface area contributed by atoms with E-state index in [1.807, 2.05) is 60.7 Å². The van der Waals surface area contributed by atoms with Crippen molar-refractivity contribution in [3.8, 4) is 0 Å². The quantitative estimate of drug-likeness (QED) is 0.647. The molecule has 2 aromatic carbocycles. The van der Waals surface area contributed by atoms with Gasteiger partial charge >= 0.3 is 5.97 Å². The van der Waals surface area contributed by atoms with E-state index in [-0.39, 0.29) is 13.2 Å². The van der Waals surface area contributed by atoms with Crippen LogP contribution in [0.5, 0.6) is 0 Å². The second-order valence-electron chi connectivity index (χ2n) is 4.24. The molecule has 0 aromatic heterocycles. The number of carbonyl (C=O) groups excluding carboxylic acids is 1. The number of esters is 1. The molecule has 0 aliphatic heterocycles. The Labute approximate surface area is 117 Å². The van der Waals surface area contributed by atoms with E-state index >= 15 is 0 Å². The van der Waals surface area contributed by atoms with Gasteiger partial charge in [0.25, 0.3) is 6.29 Å². The summed E-state index contributed by atoms with van der Waals surface area (Å²) in [5, 5.41) is 9.56. The second kappa shape index (κ2) is 7.43. The van der Waals surface area contributed by atoms with Crippen LogP contribution in [0.2, 0.25) is 0 Å². The normalized spacial score (nSPS) is 11.8. The topological polar surface area (TPSA) is 55.8 Å². The van der Waals surface area contributed by atoms with Crippen LogP contribution >= 0.6 is 0 Å². The summed E-state index contributed by atoms with van der Waals surface area (Å²) in [5.74, 6) is -0.787. The lowest BCUT2D eigenvalue weighted by atomic mass is 10.2. The summed E-state index contributed by atoms with van der Waals surface area (Å²) in [6.45, 7) is 0.272. The molecule has 1 unspecified atom stereocenters. The third kappa shape index (κ3) is 4.50. The number of ether oxygens (including phenoxy) is 2. The van der Waals surface area contributed by atoms with Crippen LogP contribution < -0.4 is 0 Å². The molecule has 2 aromatic rings. The summed E-state index contributed by atoms with van der Waals surface area (Å²) in [6.07, 6.45) is -1.57. The van der Waals surface area contributed by atoms with Gasteiger partial charge in [0.15, 0.2) is 0 Å². The van der Waals surface area contributed by atoms with E-state index in [0.717, 1.165) is 11.1 Å². The number of aliphatic hydroxyl groups is 1. The lowest BCUT2D eigenvalue weighted by molar-refractivity contribution is -0.186. The van der Waals surface area contributed by atoms with Crippen molar-refractivity contribution in [2.45, 2.75) is 19.5 Å². The van der Waals surface area contributed by atoms with Crippen molar-refractivity contribution in [2.75, 3.05) is 0 Å². The molecular formula is C16H16O4. The number of hydrogen-bond acceptors (Lipinski definition) is 4. The van der Waals surface area contributed by atoms with Crippen molar-refractivity contribution in [1.82, 2.24) is 0 Å². The van der Waals surface area contributed by atoms with Gasteiger partial charge in [-0.25, -0.2) is 4.79 Å². The monoisotopic (exact) mass is 272 g/mol. The molecule has 0 amide bonds. The molecule has 104 valence electrons. The smallest absolute Gasteiger partial charge is 0.363 e. The van der Waals surface area contributed by atoms with Gasteiger partial charge < -0.3 is 14.6 Å². The van der Waals surface area contributed by atoms with Gasteiger partial charge in [0.05, 0.1) is 6.61 Å². The Balaban J connectivity index is 1.75. The van der Waals surface area contributed by atoms with Crippen LogP contribution in [0.25, 0.3) is 0 Å². The maximum Gasteiger partial charge on any atom is 0.363 e. The summed E-state index contributed by atoms with van der Waals surface area (Å²) in [4.78, 5) is 11.5. The fourth-order valence-corrected chi connectivity index (χ4v) is 1.62. The van der Waals surface area contributed by atoms with Crippen molar-refractivity contribution in [3.05, 3.63) is 71.8 Å². The first-order valence-electron chi connectivity index (χ1n) is 6.30. The lowest BCUT2D eigenvalue weighted by Gasteiger charge is -2.11. The Morgan fingerprint density at radius 1 is 0.900 bits per heavy atom. The number of carbonyl (C=O) groups is 1. The summed E-state index contributed by atoms with van der Waals surface area (Å²) in [7, 11) is 0. The molecular weight excluding hydrogens is 256 g/mol. The number of rotatable bonds is 6. The predicted molar refractivity (Wildman–Crippen MR) is 73.5 cm³/mol. The van der Waals surface area contributed by atoms with Crippen molar-refractivity contribution < 1.29 is 19.4 Å². The van der Waals surface area contributed by atoms with Crippen LogP contribution in [0.4, 0.5) is 0 Å². The molecule has 0 radical (unpaired) electrons. The number of aliphatic hydroxyl groups excluding tert-OH is 1. The van der Waals surface area contributed by atoms with Crippen LogP contribution in [-0.4, -0.2) is 17.4 Å². The molecule has 0 heterocycles. The van der Waals surface area contributed by atoms with Gasteiger partial charge in [-0.2, -0.15) is 0 Å². The predicted octanol–water partition coefficient (Wildman–Crippen LogP) is 2.26. The zero-order valence-electron chi connectivity index (χ0n) is 10.9. The molecule has 4 nitrogen and oxygen atoms in total.